The topological polar surface area (TPSA) is 93.6 Å². The zero-order valence-electron chi connectivity index (χ0n) is 19.4. The van der Waals surface area contributed by atoms with Gasteiger partial charge in [0.15, 0.2) is 11.5 Å². The summed E-state index contributed by atoms with van der Waals surface area (Å²) in [5, 5.41) is 3.17. The molecule has 2 heterocycles. The van der Waals surface area contributed by atoms with Crippen LogP contribution in [0.15, 0.2) is 35.1 Å². The van der Waals surface area contributed by atoms with Gasteiger partial charge in [0.2, 0.25) is 0 Å². The van der Waals surface area contributed by atoms with Gasteiger partial charge in [0.05, 0.1) is 19.3 Å². The van der Waals surface area contributed by atoms with Crippen molar-refractivity contribution < 1.29 is 19.1 Å². The molecule has 2 aromatic rings. The molecular formula is C24H29BrN4O4. The highest BCUT2D eigenvalue weighted by Crippen LogP contribution is 2.52. The van der Waals surface area contributed by atoms with Gasteiger partial charge >= 0.3 is 12.1 Å². The minimum absolute atomic E-state index is 0.134. The standard InChI is InChI=1S/C24H29BrN4O4/c1-23(2,3)33-22(31)28-19-16-8-6-5-7-15(16)13-24(19)9-11-29(12-10-24)20-18(21(30)32-4)27-17(25)14-26-20/h5-8,14,19H,9-13H2,1-4H3,(H,28,31). The second-order valence-electron chi connectivity index (χ2n) is 9.66. The Morgan fingerprint density at radius 1 is 1.21 bits per heavy atom. The highest BCUT2D eigenvalue weighted by atomic mass is 79.9. The Morgan fingerprint density at radius 3 is 2.58 bits per heavy atom. The van der Waals surface area contributed by atoms with Crippen molar-refractivity contribution in [3.8, 4) is 0 Å². The fourth-order valence-electron chi connectivity index (χ4n) is 4.90. The number of hydrogen-bond donors (Lipinski definition) is 1. The van der Waals surface area contributed by atoms with E-state index < -0.39 is 17.7 Å². The largest absolute Gasteiger partial charge is 0.464 e. The van der Waals surface area contributed by atoms with E-state index in [1.54, 1.807) is 6.20 Å². The van der Waals surface area contributed by atoms with Crippen molar-refractivity contribution in [2.24, 2.45) is 5.41 Å². The molecule has 1 aromatic carbocycles. The van der Waals surface area contributed by atoms with E-state index in [-0.39, 0.29) is 17.2 Å². The fraction of sp³-hybridized carbons (Fsp3) is 0.500. The molecule has 9 heteroatoms. The molecule has 1 aromatic heterocycles. The van der Waals surface area contributed by atoms with Crippen molar-refractivity contribution in [1.29, 1.82) is 0 Å². The molecule has 1 N–H and O–H groups in total. The molecule has 0 bridgehead atoms. The molecule has 4 rings (SSSR count). The molecule has 1 unspecified atom stereocenters. The molecule has 1 saturated heterocycles. The summed E-state index contributed by atoms with van der Waals surface area (Å²) >= 11 is 3.28. The first-order valence-electron chi connectivity index (χ1n) is 11.0. The van der Waals surface area contributed by atoms with Crippen LogP contribution in [0.3, 0.4) is 0 Å². The molecule has 1 amide bonds. The van der Waals surface area contributed by atoms with E-state index in [2.05, 4.69) is 48.2 Å². The van der Waals surface area contributed by atoms with Gasteiger partial charge in [0.1, 0.15) is 10.2 Å². The molecule has 8 nitrogen and oxygen atoms in total. The fourth-order valence-corrected chi connectivity index (χ4v) is 5.18. The maximum absolute atomic E-state index is 12.7. The van der Waals surface area contributed by atoms with Gasteiger partial charge in [-0.2, -0.15) is 0 Å². The number of hydrogen-bond acceptors (Lipinski definition) is 7. The van der Waals surface area contributed by atoms with Crippen LogP contribution in [0.2, 0.25) is 0 Å². The van der Waals surface area contributed by atoms with Crippen LogP contribution in [0.25, 0.3) is 0 Å². The number of aromatic nitrogens is 2. The lowest BCUT2D eigenvalue weighted by atomic mass is 9.72. The van der Waals surface area contributed by atoms with Crippen molar-refractivity contribution in [3.05, 3.63) is 51.9 Å². The van der Waals surface area contributed by atoms with E-state index in [1.807, 2.05) is 32.9 Å². The van der Waals surface area contributed by atoms with Crippen LogP contribution in [-0.2, 0) is 15.9 Å². The summed E-state index contributed by atoms with van der Waals surface area (Å²) in [6.45, 7) is 6.95. The van der Waals surface area contributed by atoms with E-state index in [0.29, 0.717) is 23.5 Å². The number of nitrogens with one attached hydrogen (secondary N) is 1. The quantitative estimate of drug-likeness (QED) is 0.602. The smallest absolute Gasteiger partial charge is 0.408 e. The van der Waals surface area contributed by atoms with Crippen LogP contribution < -0.4 is 10.2 Å². The van der Waals surface area contributed by atoms with Gasteiger partial charge in [0, 0.05) is 18.5 Å². The first-order valence-corrected chi connectivity index (χ1v) is 11.8. The molecule has 0 radical (unpaired) electrons. The number of anilines is 1. The molecule has 1 spiro atoms. The summed E-state index contributed by atoms with van der Waals surface area (Å²) in [5.41, 5.74) is 1.90. The van der Waals surface area contributed by atoms with Crippen molar-refractivity contribution in [3.63, 3.8) is 0 Å². The Labute approximate surface area is 202 Å². The molecule has 1 atom stereocenters. The molecular weight excluding hydrogens is 488 g/mol. The lowest BCUT2D eigenvalue weighted by molar-refractivity contribution is 0.0426. The van der Waals surface area contributed by atoms with Gasteiger partial charge in [-0.25, -0.2) is 19.6 Å². The van der Waals surface area contributed by atoms with Gasteiger partial charge in [-0.05, 0) is 67.1 Å². The zero-order valence-corrected chi connectivity index (χ0v) is 20.9. The maximum atomic E-state index is 12.7. The van der Waals surface area contributed by atoms with E-state index in [9.17, 15) is 9.59 Å². The molecule has 1 aliphatic heterocycles. The minimum atomic E-state index is -0.566. The summed E-state index contributed by atoms with van der Waals surface area (Å²) in [5.74, 6) is 0.00360. The van der Waals surface area contributed by atoms with Crippen molar-refractivity contribution in [2.45, 2.75) is 51.7 Å². The lowest BCUT2D eigenvalue weighted by Gasteiger charge is -2.44. The number of carbonyl (C=O) groups excluding carboxylic acids is 2. The number of halogens is 1. The van der Waals surface area contributed by atoms with Gasteiger partial charge in [-0.15, -0.1) is 0 Å². The average molecular weight is 517 g/mol. The lowest BCUT2D eigenvalue weighted by Crippen LogP contribution is -2.48. The molecule has 176 valence electrons. The average Bonchev–Trinajstić information content (AvgIpc) is 3.05. The number of nitrogens with zero attached hydrogens (tertiary/aromatic N) is 3. The Hall–Kier alpha value is -2.68. The summed E-state index contributed by atoms with van der Waals surface area (Å²) in [4.78, 5) is 35.8. The van der Waals surface area contributed by atoms with Crippen LogP contribution in [0.4, 0.5) is 10.6 Å². The number of esters is 1. The summed E-state index contributed by atoms with van der Waals surface area (Å²) in [6.07, 6.45) is 3.71. The highest BCUT2D eigenvalue weighted by molar-refractivity contribution is 9.10. The van der Waals surface area contributed by atoms with Crippen molar-refractivity contribution in [1.82, 2.24) is 15.3 Å². The third-order valence-electron chi connectivity index (χ3n) is 6.34. The second-order valence-corrected chi connectivity index (χ2v) is 10.5. The number of amides is 1. The zero-order chi connectivity index (χ0) is 23.8. The molecule has 33 heavy (non-hydrogen) atoms. The van der Waals surface area contributed by atoms with Gasteiger partial charge in [0.25, 0.3) is 0 Å². The Morgan fingerprint density at radius 2 is 1.91 bits per heavy atom. The molecule has 0 saturated carbocycles. The number of piperidine rings is 1. The number of ether oxygens (including phenoxy) is 2. The minimum Gasteiger partial charge on any atom is -0.464 e. The predicted molar refractivity (Wildman–Crippen MR) is 127 cm³/mol. The molecule has 1 fully saturated rings. The summed E-state index contributed by atoms with van der Waals surface area (Å²) < 4.78 is 11.0. The summed E-state index contributed by atoms with van der Waals surface area (Å²) in [7, 11) is 1.34. The summed E-state index contributed by atoms with van der Waals surface area (Å²) in [6, 6.07) is 8.14. The number of carbonyl (C=O) groups is 2. The van der Waals surface area contributed by atoms with Crippen LogP contribution >= 0.6 is 15.9 Å². The van der Waals surface area contributed by atoms with Crippen LogP contribution in [-0.4, -0.2) is 47.8 Å². The number of methoxy groups -OCH3 is 1. The number of alkyl carbamates (subject to hydrolysis) is 1. The predicted octanol–water partition coefficient (Wildman–Crippen LogP) is 4.43. The first kappa shape index (κ1) is 23.5. The number of rotatable bonds is 3. The van der Waals surface area contributed by atoms with E-state index >= 15 is 0 Å². The Bertz CT molecular complexity index is 1060. The first-order chi connectivity index (χ1) is 15.6. The normalized spacial score (nSPS) is 19.2. The second kappa shape index (κ2) is 8.93. The van der Waals surface area contributed by atoms with Crippen molar-refractivity contribution >= 4 is 33.8 Å². The number of benzene rings is 1. The van der Waals surface area contributed by atoms with Gasteiger partial charge in [-0.1, -0.05) is 24.3 Å². The van der Waals surface area contributed by atoms with E-state index in [0.717, 1.165) is 24.8 Å². The Kier molecular flexibility index (Phi) is 6.35. The monoisotopic (exact) mass is 516 g/mol. The number of fused-ring (bicyclic) bond motifs is 1. The van der Waals surface area contributed by atoms with Crippen LogP contribution in [0, 0.1) is 5.41 Å². The third kappa shape index (κ3) is 4.83. The Balaban J connectivity index is 1.57. The van der Waals surface area contributed by atoms with Crippen LogP contribution in [0.1, 0.15) is 61.3 Å². The van der Waals surface area contributed by atoms with Crippen LogP contribution in [0.5, 0.6) is 0 Å². The third-order valence-corrected chi connectivity index (χ3v) is 6.73. The molecule has 2 aliphatic rings. The maximum Gasteiger partial charge on any atom is 0.408 e. The van der Waals surface area contributed by atoms with E-state index in [4.69, 9.17) is 9.47 Å². The SMILES string of the molecule is COC(=O)c1nc(Br)cnc1N1CCC2(CC1)Cc1ccccc1C2NC(=O)OC(C)(C)C. The van der Waals surface area contributed by atoms with Gasteiger partial charge in [-0.3, -0.25) is 0 Å². The molecule has 1 aliphatic carbocycles. The van der Waals surface area contributed by atoms with Gasteiger partial charge < -0.3 is 19.7 Å². The van der Waals surface area contributed by atoms with E-state index in [1.165, 1.54) is 12.7 Å². The highest BCUT2D eigenvalue weighted by Gasteiger charge is 2.49. The van der Waals surface area contributed by atoms with Crippen molar-refractivity contribution in [2.75, 3.05) is 25.1 Å².